The second-order valence-electron chi connectivity index (χ2n) is 5.17. The fourth-order valence-corrected chi connectivity index (χ4v) is 3.73. The SMILES string of the molecule is Cc1nc(N)c2c(C)c(C)n(CCc3ccc(Cl)s3)c2n1. The molecule has 6 heteroatoms. The monoisotopic (exact) mass is 320 g/mol. The molecule has 0 spiro atoms. The minimum Gasteiger partial charge on any atom is -0.383 e. The van der Waals surface area contributed by atoms with E-state index in [0.29, 0.717) is 11.6 Å². The average Bonchev–Trinajstić information content (AvgIpc) is 2.92. The van der Waals surface area contributed by atoms with Gasteiger partial charge in [-0.05, 0) is 44.9 Å². The Hall–Kier alpha value is -1.59. The lowest BCUT2D eigenvalue weighted by atomic mass is 10.2. The van der Waals surface area contributed by atoms with Crippen LogP contribution in [0.3, 0.4) is 0 Å². The summed E-state index contributed by atoms with van der Waals surface area (Å²) in [7, 11) is 0. The highest BCUT2D eigenvalue weighted by Gasteiger charge is 2.16. The highest BCUT2D eigenvalue weighted by Crippen LogP contribution is 2.29. The molecule has 0 aliphatic carbocycles. The van der Waals surface area contributed by atoms with Gasteiger partial charge in [-0.15, -0.1) is 11.3 Å². The van der Waals surface area contributed by atoms with Gasteiger partial charge < -0.3 is 10.3 Å². The van der Waals surface area contributed by atoms with E-state index in [1.165, 1.54) is 10.6 Å². The zero-order chi connectivity index (χ0) is 15.1. The standard InChI is InChI=1S/C15H17ClN4S/c1-8-9(2)20(7-6-11-4-5-12(16)21-11)15-13(8)14(17)18-10(3)19-15/h4-5H,6-7H2,1-3H3,(H2,17,18,19). The molecule has 0 saturated heterocycles. The van der Waals surface area contributed by atoms with Crippen LogP contribution in [0.5, 0.6) is 0 Å². The van der Waals surface area contributed by atoms with Gasteiger partial charge >= 0.3 is 0 Å². The first kappa shape index (κ1) is 14.4. The number of thiophene rings is 1. The van der Waals surface area contributed by atoms with Gasteiger partial charge in [0.05, 0.1) is 9.72 Å². The Morgan fingerprint density at radius 1 is 1.24 bits per heavy atom. The van der Waals surface area contributed by atoms with Crippen molar-refractivity contribution in [1.82, 2.24) is 14.5 Å². The summed E-state index contributed by atoms with van der Waals surface area (Å²) < 4.78 is 3.06. The largest absolute Gasteiger partial charge is 0.383 e. The van der Waals surface area contributed by atoms with Crippen molar-refractivity contribution in [2.45, 2.75) is 33.7 Å². The number of hydrogen-bond acceptors (Lipinski definition) is 4. The summed E-state index contributed by atoms with van der Waals surface area (Å²) in [4.78, 5) is 10.1. The number of nitrogen functional groups attached to an aromatic ring is 1. The minimum atomic E-state index is 0.566. The first-order chi connectivity index (χ1) is 9.97. The van der Waals surface area contributed by atoms with Crippen LogP contribution >= 0.6 is 22.9 Å². The molecule has 0 amide bonds. The number of aromatic nitrogens is 3. The first-order valence-corrected chi connectivity index (χ1v) is 8.00. The van der Waals surface area contributed by atoms with Crippen LogP contribution in [0.1, 0.15) is 22.0 Å². The minimum absolute atomic E-state index is 0.566. The Morgan fingerprint density at radius 2 is 2.00 bits per heavy atom. The smallest absolute Gasteiger partial charge is 0.146 e. The molecular formula is C15H17ClN4S. The van der Waals surface area contributed by atoms with Crippen molar-refractivity contribution < 1.29 is 0 Å². The van der Waals surface area contributed by atoms with Gasteiger partial charge in [0.1, 0.15) is 17.3 Å². The molecule has 2 N–H and O–H groups in total. The lowest BCUT2D eigenvalue weighted by Gasteiger charge is -2.07. The summed E-state index contributed by atoms with van der Waals surface area (Å²) >= 11 is 7.61. The number of nitrogens with two attached hydrogens (primary N) is 1. The third-order valence-electron chi connectivity index (χ3n) is 3.82. The summed E-state index contributed by atoms with van der Waals surface area (Å²) in [6.45, 7) is 6.91. The molecule has 3 aromatic rings. The molecule has 0 aromatic carbocycles. The summed E-state index contributed by atoms with van der Waals surface area (Å²) in [6.07, 6.45) is 0.935. The van der Waals surface area contributed by atoms with Crippen molar-refractivity contribution in [2.75, 3.05) is 5.73 Å². The Bertz CT molecular complexity index is 819. The van der Waals surface area contributed by atoms with Crippen LogP contribution in [-0.2, 0) is 13.0 Å². The highest BCUT2D eigenvalue weighted by atomic mass is 35.5. The van der Waals surface area contributed by atoms with Gasteiger partial charge in [-0.1, -0.05) is 11.6 Å². The van der Waals surface area contributed by atoms with Crippen LogP contribution in [0, 0.1) is 20.8 Å². The maximum atomic E-state index is 6.07. The Morgan fingerprint density at radius 3 is 2.67 bits per heavy atom. The number of nitrogens with zero attached hydrogens (tertiary/aromatic N) is 3. The van der Waals surface area contributed by atoms with E-state index in [1.54, 1.807) is 11.3 Å². The Balaban J connectivity index is 2.03. The highest BCUT2D eigenvalue weighted by molar-refractivity contribution is 7.16. The Kier molecular flexibility index (Phi) is 3.63. The van der Waals surface area contributed by atoms with E-state index in [0.717, 1.165) is 33.9 Å². The van der Waals surface area contributed by atoms with Gasteiger partial charge in [-0.25, -0.2) is 9.97 Å². The maximum absolute atomic E-state index is 6.07. The molecule has 21 heavy (non-hydrogen) atoms. The second-order valence-corrected chi connectivity index (χ2v) is 6.97. The molecule has 0 aliphatic heterocycles. The van der Waals surface area contributed by atoms with E-state index < -0.39 is 0 Å². The van der Waals surface area contributed by atoms with E-state index >= 15 is 0 Å². The summed E-state index contributed by atoms with van der Waals surface area (Å²) in [5.41, 5.74) is 9.35. The number of halogens is 1. The topological polar surface area (TPSA) is 56.7 Å². The van der Waals surface area contributed by atoms with E-state index in [9.17, 15) is 0 Å². The number of anilines is 1. The predicted octanol–water partition coefficient (Wildman–Crippen LogP) is 3.90. The van der Waals surface area contributed by atoms with Gasteiger partial charge in [-0.2, -0.15) is 0 Å². The zero-order valence-corrected chi connectivity index (χ0v) is 13.8. The summed E-state index contributed by atoms with van der Waals surface area (Å²) in [6, 6.07) is 4.02. The van der Waals surface area contributed by atoms with Crippen LogP contribution < -0.4 is 5.73 Å². The van der Waals surface area contributed by atoms with Gasteiger partial charge in [0, 0.05) is 17.1 Å². The number of hydrogen-bond donors (Lipinski definition) is 1. The van der Waals surface area contributed by atoms with Crippen LogP contribution in [-0.4, -0.2) is 14.5 Å². The quantitative estimate of drug-likeness (QED) is 0.796. The Labute approximate surface area is 132 Å². The fourth-order valence-electron chi connectivity index (χ4n) is 2.66. The average molecular weight is 321 g/mol. The van der Waals surface area contributed by atoms with Crippen LogP contribution in [0.2, 0.25) is 4.34 Å². The number of aryl methyl sites for hydroxylation is 4. The number of rotatable bonds is 3. The summed E-state index contributed by atoms with van der Waals surface area (Å²) in [5, 5.41) is 0.974. The molecule has 0 bridgehead atoms. The van der Waals surface area contributed by atoms with Crippen molar-refractivity contribution in [3.8, 4) is 0 Å². The molecule has 0 fully saturated rings. The van der Waals surface area contributed by atoms with Gasteiger partial charge in [0.15, 0.2) is 0 Å². The molecule has 0 atom stereocenters. The molecule has 4 nitrogen and oxygen atoms in total. The van der Waals surface area contributed by atoms with Crippen molar-refractivity contribution in [3.63, 3.8) is 0 Å². The summed E-state index contributed by atoms with van der Waals surface area (Å²) in [5.74, 6) is 1.27. The molecule has 0 aliphatic rings. The molecule has 0 radical (unpaired) electrons. The van der Waals surface area contributed by atoms with Crippen LogP contribution in [0.4, 0.5) is 5.82 Å². The van der Waals surface area contributed by atoms with E-state index in [-0.39, 0.29) is 0 Å². The van der Waals surface area contributed by atoms with Gasteiger partial charge in [0.2, 0.25) is 0 Å². The predicted molar refractivity (Wildman–Crippen MR) is 89.2 cm³/mol. The molecule has 110 valence electrons. The first-order valence-electron chi connectivity index (χ1n) is 6.81. The van der Waals surface area contributed by atoms with Crippen molar-refractivity contribution in [3.05, 3.63) is 38.4 Å². The van der Waals surface area contributed by atoms with Crippen LogP contribution in [0.25, 0.3) is 11.0 Å². The third kappa shape index (κ3) is 2.51. The van der Waals surface area contributed by atoms with Gasteiger partial charge in [0.25, 0.3) is 0 Å². The maximum Gasteiger partial charge on any atom is 0.146 e. The zero-order valence-electron chi connectivity index (χ0n) is 12.3. The molecule has 3 aromatic heterocycles. The van der Waals surface area contributed by atoms with Crippen molar-refractivity contribution in [1.29, 1.82) is 0 Å². The van der Waals surface area contributed by atoms with E-state index in [1.807, 2.05) is 13.0 Å². The molecule has 3 rings (SSSR count). The van der Waals surface area contributed by atoms with Crippen molar-refractivity contribution >= 4 is 39.8 Å². The van der Waals surface area contributed by atoms with Gasteiger partial charge in [-0.3, -0.25) is 0 Å². The molecule has 3 heterocycles. The van der Waals surface area contributed by atoms with Crippen molar-refractivity contribution in [2.24, 2.45) is 0 Å². The second kappa shape index (κ2) is 5.31. The van der Waals surface area contributed by atoms with E-state index in [4.69, 9.17) is 17.3 Å². The molecular weight excluding hydrogens is 304 g/mol. The molecule has 0 saturated carbocycles. The fraction of sp³-hybridized carbons (Fsp3) is 0.333. The molecule has 0 unspecified atom stereocenters. The van der Waals surface area contributed by atoms with E-state index in [2.05, 4.69) is 34.4 Å². The third-order valence-corrected chi connectivity index (χ3v) is 5.11. The number of fused-ring (bicyclic) bond motifs is 1. The van der Waals surface area contributed by atoms with Crippen LogP contribution in [0.15, 0.2) is 12.1 Å². The lowest BCUT2D eigenvalue weighted by Crippen LogP contribution is -2.05. The lowest BCUT2D eigenvalue weighted by molar-refractivity contribution is 0.699. The normalized spacial score (nSPS) is 11.4.